The Hall–Kier alpha value is -2.43. The van der Waals surface area contributed by atoms with Gasteiger partial charge in [0.05, 0.1) is 12.2 Å². The molecule has 0 aliphatic heterocycles. The number of rotatable bonds is 6. The first-order chi connectivity index (χ1) is 11.5. The van der Waals surface area contributed by atoms with Gasteiger partial charge in [0.25, 0.3) is 0 Å². The number of pyridine rings is 1. The Balaban J connectivity index is 2.25. The fourth-order valence-electron chi connectivity index (χ4n) is 2.90. The van der Waals surface area contributed by atoms with Gasteiger partial charge < -0.3 is 4.90 Å². The molecule has 2 rings (SSSR count). The lowest BCUT2D eigenvalue weighted by atomic mass is 9.95. The van der Waals surface area contributed by atoms with Crippen molar-refractivity contribution in [3.8, 4) is 0 Å². The van der Waals surface area contributed by atoms with Crippen molar-refractivity contribution in [3.05, 3.63) is 53.6 Å². The van der Waals surface area contributed by atoms with Gasteiger partial charge in [0.2, 0.25) is 5.91 Å². The molecule has 0 N–H and O–H groups in total. The Bertz CT molecular complexity index is 703. The van der Waals surface area contributed by atoms with E-state index in [0.717, 1.165) is 16.8 Å². The van der Waals surface area contributed by atoms with Gasteiger partial charge in [-0.25, -0.2) is 0 Å². The van der Waals surface area contributed by atoms with E-state index in [1.165, 1.54) is 0 Å². The van der Waals surface area contributed by atoms with Crippen LogP contribution < -0.4 is 0 Å². The van der Waals surface area contributed by atoms with E-state index in [4.69, 9.17) is 0 Å². The summed E-state index contributed by atoms with van der Waals surface area (Å²) in [6.45, 7) is 8.90. The number of hydrogen-bond acceptors (Lipinski definition) is 3. The third-order valence-corrected chi connectivity index (χ3v) is 4.30. The highest BCUT2D eigenvalue weighted by molar-refractivity contribution is 5.92. The summed E-state index contributed by atoms with van der Waals surface area (Å²) in [4.78, 5) is 18.9. The molecule has 2 heterocycles. The van der Waals surface area contributed by atoms with Crippen LogP contribution in [0.15, 0.2) is 36.8 Å². The Morgan fingerprint density at radius 2 is 2.12 bits per heavy atom. The predicted molar refractivity (Wildman–Crippen MR) is 96.2 cm³/mol. The summed E-state index contributed by atoms with van der Waals surface area (Å²) in [5.74, 6) is 0.301. The molecule has 2 aromatic heterocycles. The van der Waals surface area contributed by atoms with Gasteiger partial charge in [-0.05, 0) is 37.5 Å². The van der Waals surface area contributed by atoms with Crippen LogP contribution in [0.2, 0.25) is 0 Å². The summed E-state index contributed by atoms with van der Waals surface area (Å²) >= 11 is 0. The average Bonchev–Trinajstić information content (AvgIpc) is 2.89. The van der Waals surface area contributed by atoms with Gasteiger partial charge in [0.15, 0.2) is 0 Å². The number of nitrogens with zero attached hydrogens (tertiary/aromatic N) is 4. The number of aromatic nitrogens is 3. The summed E-state index contributed by atoms with van der Waals surface area (Å²) in [6.07, 6.45) is 8.85. The van der Waals surface area contributed by atoms with E-state index in [9.17, 15) is 4.79 Å². The zero-order valence-electron chi connectivity index (χ0n) is 15.1. The fourth-order valence-corrected chi connectivity index (χ4v) is 2.90. The molecule has 0 radical (unpaired) electrons. The molecule has 0 aliphatic rings. The van der Waals surface area contributed by atoms with Gasteiger partial charge in [0.1, 0.15) is 0 Å². The van der Waals surface area contributed by atoms with Crippen LogP contribution in [0.25, 0.3) is 6.08 Å². The van der Waals surface area contributed by atoms with E-state index in [1.54, 1.807) is 23.2 Å². The summed E-state index contributed by atoms with van der Waals surface area (Å²) in [5.41, 5.74) is 3.06. The SMILES string of the molecule is CCN(C(=O)/C=C/c1cnn(C)c1C)C(c1cccnc1)C(C)C. The van der Waals surface area contributed by atoms with Crippen LogP contribution in [0.5, 0.6) is 0 Å². The number of carbonyl (C=O) groups excluding carboxylic acids is 1. The van der Waals surface area contributed by atoms with Gasteiger partial charge in [-0.15, -0.1) is 0 Å². The molecule has 0 bridgehead atoms. The highest BCUT2D eigenvalue weighted by Gasteiger charge is 2.25. The molecular weight excluding hydrogens is 300 g/mol. The van der Waals surface area contributed by atoms with Crippen LogP contribution >= 0.6 is 0 Å². The first-order valence-electron chi connectivity index (χ1n) is 8.32. The largest absolute Gasteiger partial charge is 0.332 e. The maximum Gasteiger partial charge on any atom is 0.247 e. The van der Waals surface area contributed by atoms with Gasteiger partial charge >= 0.3 is 0 Å². The zero-order chi connectivity index (χ0) is 17.7. The highest BCUT2D eigenvalue weighted by atomic mass is 16.2. The first-order valence-corrected chi connectivity index (χ1v) is 8.32. The molecule has 1 atom stereocenters. The smallest absolute Gasteiger partial charge is 0.247 e. The van der Waals surface area contributed by atoms with Crippen LogP contribution in [-0.4, -0.2) is 32.1 Å². The molecule has 0 spiro atoms. The second-order valence-electron chi connectivity index (χ2n) is 6.24. The molecule has 1 amide bonds. The first kappa shape index (κ1) is 17.9. The number of amides is 1. The van der Waals surface area contributed by atoms with E-state index < -0.39 is 0 Å². The molecule has 0 saturated heterocycles. The Morgan fingerprint density at radius 1 is 1.38 bits per heavy atom. The van der Waals surface area contributed by atoms with Crippen LogP contribution in [0.3, 0.4) is 0 Å². The standard InChI is InChI=1S/C19H26N4O/c1-6-23(19(14(2)3)17-8-7-11-20-12-17)18(24)10-9-16-13-21-22(5)15(16)4/h7-14,19H,6H2,1-5H3/b10-9+. The van der Waals surface area contributed by atoms with Gasteiger partial charge in [0, 0.05) is 43.3 Å². The normalized spacial score (nSPS) is 12.8. The van der Waals surface area contributed by atoms with Crippen molar-refractivity contribution in [1.29, 1.82) is 0 Å². The fraction of sp³-hybridized carbons (Fsp3) is 0.421. The van der Waals surface area contributed by atoms with Crippen LogP contribution in [0, 0.1) is 12.8 Å². The predicted octanol–water partition coefficient (Wildman–Crippen LogP) is 3.38. The number of hydrogen-bond donors (Lipinski definition) is 0. The molecule has 5 heteroatoms. The van der Waals surface area contributed by atoms with E-state index in [0.29, 0.717) is 12.5 Å². The number of aryl methyl sites for hydroxylation is 1. The van der Waals surface area contributed by atoms with E-state index in [-0.39, 0.29) is 11.9 Å². The summed E-state index contributed by atoms with van der Waals surface area (Å²) in [5, 5.41) is 4.20. The molecule has 1 unspecified atom stereocenters. The minimum absolute atomic E-state index is 0.00306. The minimum atomic E-state index is 0.00306. The number of carbonyl (C=O) groups is 1. The Morgan fingerprint density at radius 3 is 2.62 bits per heavy atom. The lowest BCUT2D eigenvalue weighted by molar-refractivity contribution is -0.129. The van der Waals surface area contributed by atoms with E-state index in [2.05, 4.69) is 23.9 Å². The minimum Gasteiger partial charge on any atom is -0.332 e. The summed E-state index contributed by atoms with van der Waals surface area (Å²) < 4.78 is 1.80. The molecule has 0 fully saturated rings. The number of likely N-dealkylation sites (N-methyl/N-ethyl adjacent to an activating group) is 1. The van der Waals surface area contributed by atoms with Gasteiger partial charge in [-0.3, -0.25) is 14.5 Å². The third kappa shape index (κ3) is 3.91. The average molecular weight is 326 g/mol. The van der Waals surface area contributed by atoms with Crippen LogP contribution in [0.1, 0.15) is 43.6 Å². The highest BCUT2D eigenvalue weighted by Crippen LogP contribution is 2.28. The Kier molecular flexibility index (Phi) is 5.90. The van der Waals surface area contributed by atoms with Crippen molar-refractivity contribution >= 4 is 12.0 Å². The molecule has 0 aliphatic carbocycles. The van der Waals surface area contributed by atoms with Gasteiger partial charge in [-0.2, -0.15) is 5.10 Å². The molecule has 2 aromatic rings. The maximum absolute atomic E-state index is 12.8. The quantitative estimate of drug-likeness (QED) is 0.765. The lowest BCUT2D eigenvalue weighted by Crippen LogP contribution is -2.36. The van der Waals surface area contributed by atoms with Crippen molar-refractivity contribution in [2.45, 2.75) is 33.7 Å². The van der Waals surface area contributed by atoms with E-state index in [1.807, 2.05) is 50.2 Å². The van der Waals surface area contributed by atoms with E-state index >= 15 is 0 Å². The van der Waals surface area contributed by atoms with Gasteiger partial charge in [-0.1, -0.05) is 19.9 Å². The third-order valence-electron chi connectivity index (χ3n) is 4.30. The van der Waals surface area contributed by atoms with Crippen molar-refractivity contribution in [2.24, 2.45) is 13.0 Å². The second-order valence-corrected chi connectivity index (χ2v) is 6.24. The Labute approximate surface area is 144 Å². The topological polar surface area (TPSA) is 51.0 Å². The van der Waals surface area contributed by atoms with Crippen LogP contribution in [-0.2, 0) is 11.8 Å². The van der Waals surface area contributed by atoms with Crippen molar-refractivity contribution in [3.63, 3.8) is 0 Å². The second kappa shape index (κ2) is 7.90. The zero-order valence-corrected chi connectivity index (χ0v) is 15.1. The van der Waals surface area contributed by atoms with Crippen molar-refractivity contribution < 1.29 is 4.79 Å². The molecule has 0 aromatic carbocycles. The summed E-state index contributed by atoms with van der Waals surface area (Å²) in [6, 6.07) is 3.95. The summed E-state index contributed by atoms with van der Waals surface area (Å²) in [7, 11) is 1.89. The molecule has 128 valence electrons. The molecule has 24 heavy (non-hydrogen) atoms. The van der Waals surface area contributed by atoms with Crippen molar-refractivity contribution in [2.75, 3.05) is 6.54 Å². The molecule has 0 saturated carbocycles. The van der Waals surface area contributed by atoms with Crippen LogP contribution in [0.4, 0.5) is 0 Å². The lowest BCUT2D eigenvalue weighted by Gasteiger charge is -2.33. The maximum atomic E-state index is 12.8. The monoisotopic (exact) mass is 326 g/mol. The van der Waals surface area contributed by atoms with Crippen molar-refractivity contribution in [1.82, 2.24) is 19.7 Å². The molecule has 5 nitrogen and oxygen atoms in total. The molecular formula is C19H26N4O.